The Kier molecular flexibility index (Phi) is 6.45. The zero-order chi connectivity index (χ0) is 22.5. The quantitative estimate of drug-likeness (QED) is 0.392. The summed E-state index contributed by atoms with van der Waals surface area (Å²) in [7, 11) is 1.64. The standard InChI is InChI=1S/C27H28N2O3/c1-4-32-25-14-13-20(15-26(25)31-3)22(23-17-28-24-8-6-5-7-21(23)24)16-29-27(30)19-11-9-18(2)10-12-19/h5-15,17,22,28H,4,16H2,1-3H3,(H,29,30)/t22-/m1/s1. The van der Waals surface area contributed by atoms with E-state index in [2.05, 4.69) is 22.4 Å². The topological polar surface area (TPSA) is 63.3 Å². The Morgan fingerprint density at radius 2 is 1.81 bits per heavy atom. The zero-order valence-electron chi connectivity index (χ0n) is 18.6. The van der Waals surface area contributed by atoms with E-state index in [1.54, 1.807) is 7.11 Å². The molecule has 0 saturated heterocycles. The molecule has 0 aliphatic carbocycles. The maximum atomic E-state index is 12.8. The highest BCUT2D eigenvalue weighted by atomic mass is 16.5. The summed E-state index contributed by atoms with van der Waals surface area (Å²) in [6.45, 7) is 4.97. The third-order valence-electron chi connectivity index (χ3n) is 5.67. The fourth-order valence-electron chi connectivity index (χ4n) is 3.97. The number of H-pyrrole nitrogens is 1. The normalized spacial score (nSPS) is 11.8. The smallest absolute Gasteiger partial charge is 0.251 e. The first-order valence-electron chi connectivity index (χ1n) is 10.8. The van der Waals surface area contributed by atoms with E-state index in [0.29, 0.717) is 30.2 Å². The summed E-state index contributed by atoms with van der Waals surface area (Å²) in [6, 6.07) is 21.8. The minimum atomic E-state index is -0.0901. The van der Waals surface area contributed by atoms with Crippen molar-refractivity contribution in [2.24, 2.45) is 0 Å². The van der Waals surface area contributed by atoms with Gasteiger partial charge >= 0.3 is 0 Å². The molecule has 1 heterocycles. The van der Waals surface area contributed by atoms with Crippen LogP contribution in [0.15, 0.2) is 72.9 Å². The molecule has 0 aliphatic heterocycles. The molecule has 0 bridgehead atoms. The molecule has 0 fully saturated rings. The Morgan fingerprint density at radius 3 is 2.56 bits per heavy atom. The lowest BCUT2D eigenvalue weighted by molar-refractivity contribution is 0.0952. The summed E-state index contributed by atoms with van der Waals surface area (Å²) in [5, 5.41) is 4.26. The van der Waals surface area contributed by atoms with E-state index in [1.807, 2.05) is 74.6 Å². The van der Waals surface area contributed by atoms with Gasteiger partial charge < -0.3 is 19.8 Å². The van der Waals surface area contributed by atoms with E-state index in [9.17, 15) is 4.79 Å². The second-order valence-electron chi connectivity index (χ2n) is 7.76. The van der Waals surface area contributed by atoms with Crippen molar-refractivity contribution in [1.82, 2.24) is 10.3 Å². The number of hydrogen-bond acceptors (Lipinski definition) is 3. The van der Waals surface area contributed by atoms with E-state index in [-0.39, 0.29) is 11.8 Å². The third-order valence-corrected chi connectivity index (χ3v) is 5.67. The van der Waals surface area contributed by atoms with Crippen molar-refractivity contribution < 1.29 is 14.3 Å². The fraction of sp³-hybridized carbons (Fsp3) is 0.222. The Balaban J connectivity index is 1.69. The minimum Gasteiger partial charge on any atom is -0.493 e. The van der Waals surface area contributed by atoms with Gasteiger partial charge in [-0.15, -0.1) is 0 Å². The predicted molar refractivity (Wildman–Crippen MR) is 128 cm³/mol. The van der Waals surface area contributed by atoms with Crippen LogP contribution in [-0.2, 0) is 0 Å². The van der Waals surface area contributed by atoms with Crippen LogP contribution in [0.2, 0.25) is 0 Å². The van der Waals surface area contributed by atoms with Crippen molar-refractivity contribution in [3.8, 4) is 11.5 Å². The van der Waals surface area contributed by atoms with Crippen LogP contribution in [0.1, 0.15) is 39.9 Å². The number of methoxy groups -OCH3 is 1. The molecule has 2 N–H and O–H groups in total. The van der Waals surface area contributed by atoms with Crippen molar-refractivity contribution >= 4 is 16.8 Å². The number of aryl methyl sites for hydroxylation is 1. The fourth-order valence-corrected chi connectivity index (χ4v) is 3.97. The molecule has 32 heavy (non-hydrogen) atoms. The number of amides is 1. The van der Waals surface area contributed by atoms with Crippen molar-refractivity contribution in [1.29, 1.82) is 0 Å². The number of fused-ring (bicyclic) bond motifs is 1. The van der Waals surface area contributed by atoms with Crippen molar-refractivity contribution in [3.05, 3.63) is 95.2 Å². The molecular formula is C27H28N2O3. The van der Waals surface area contributed by atoms with Gasteiger partial charge in [-0.3, -0.25) is 4.79 Å². The zero-order valence-corrected chi connectivity index (χ0v) is 18.6. The number of aromatic amines is 1. The monoisotopic (exact) mass is 428 g/mol. The number of carbonyl (C=O) groups is 1. The summed E-state index contributed by atoms with van der Waals surface area (Å²) >= 11 is 0. The molecule has 0 unspecified atom stereocenters. The molecule has 5 nitrogen and oxygen atoms in total. The van der Waals surface area contributed by atoms with Gasteiger partial charge in [0.1, 0.15) is 0 Å². The lowest BCUT2D eigenvalue weighted by atomic mass is 9.90. The third kappa shape index (κ3) is 4.47. The number of ether oxygens (including phenoxy) is 2. The summed E-state index contributed by atoms with van der Waals surface area (Å²) in [5.74, 6) is 1.23. The maximum Gasteiger partial charge on any atom is 0.251 e. The molecule has 0 aliphatic rings. The molecular weight excluding hydrogens is 400 g/mol. The molecule has 1 amide bonds. The molecule has 1 atom stereocenters. The van der Waals surface area contributed by atoms with Crippen molar-refractivity contribution in [2.45, 2.75) is 19.8 Å². The van der Waals surface area contributed by atoms with Crippen LogP contribution in [0, 0.1) is 6.92 Å². The van der Waals surface area contributed by atoms with Gasteiger partial charge in [0, 0.05) is 35.1 Å². The number of rotatable bonds is 8. The van der Waals surface area contributed by atoms with E-state index < -0.39 is 0 Å². The average Bonchev–Trinajstić information content (AvgIpc) is 3.24. The van der Waals surface area contributed by atoms with Gasteiger partial charge in [0.05, 0.1) is 13.7 Å². The first kappa shape index (κ1) is 21.5. The molecule has 4 aromatic rings. The predicted octanol–water partition coefficient (Wildman–Crippen LogP) is 5.45. The lowest BCUT2D eigenvalue weighted by Gasteiger charge is -2.20. The van der Waals surface area contributed by atoms with Crippen LogP contribution >= 0.6 is 0 Å². The number of carbonyl (C=O) groups excluding carboxylic acids is 1. The number of benzene rings is 3. The first-order valence-corrected chi connectivity index (χ1v) is 10.8. The molecule has 164 valence electrons. The van der Waals surface area contributed by atoms with E-state index >= 15 is 0 Å². The van der Waals surface area contributed by atoms with E-state index in [4.69, 9.17) is 9.47 Å². The van der Waals surface area contributed by atoms with E-state index in [1.165, 1.54) is 0 Å². The lowest BCUT2D eigenvalue weighted by Crippen LogP contribution is -2.28. The second kappa shape index (κ2) is 9.60. The van der Waals surface area contributed by atoms with Gasteiger partial charge in [0.25, 0.3) is 5.91 Å². The molecule has 5 heteroatoms. The highest BCUT2D eigenvalue weighted by molar-refractivity contribution is 5.94. The largest absolute Gasteiger partial charge is 0.493 e. The first-order chi connectivity index (χ1) is 15.6. The van der Waals surface area contributed by atoms with Crippen LogP contribution in [-0.4, -0.2) is 31.2 Å². The van der Waals surface area contributed by atoms with Crippen LogP contribution in [0.5, 0.6) is 11.5 Å². The summed E-state index contributed by atoms with van der Waals surface area (Å²) < 4.78 is 11.3. The van der Waals surface area contributed by atoms with Gasteiger partial charge in [0.15, 0.2) is 11.5 Å². The summed E-state index contributed by atoms with van der Waals surface area (Å²) in [5.41, 5.74) is 5.00. The summed E-state index contributed by atoms with van der Waals surface area (Å²) in [4.78, 5) is 16.2. The Morgan fingerprint density at radius 1 is 1.03 bits per heavy atom. The number of hydrogen-bond donors (Lipinski definition) is 2. The molecule has 0 radical (unpaired) electrons. The molecule has 0 spiro atoms. The Hall–Kier alpha value is -3.73. The van der Waals surface area contributed by atoms with Gasteiger partial charge in [0.2, 0.25) is 0 Å². The van der Waals surface area contributed by atoms with Gasteiger partial charge in [-0.25, -0.2) is 0 Å². The van der Waals surface area contributed by atoms with Crippen molar-refractivity contribution in [2.75, 3.05) is 20.3 Å². The molecule has 3 aromatic carbocycles. The SMILES string of the molecule is CCOc1ccc([C@@H](CNC(=O)c2ccc(C)cc2)c2c[nH]c3ccccc23)cc1OC. The molecule has 4 rings (SSSR count). The Labute approximate surface area is 188 Å². The van der Waals surface area contributed by atoms with Crippen molar-refractivity contribution in [3.63, 3.8) is 0 Å². The van der Waals surface area contributed by atoms with Gasteiger partial charge in [-0.1, -0.05) is 42.0 Å². The van der Waals surface area contributed by atoms with Crippen LogP contribution in [0.4, 0.5) is 0 Å². The van der Waals surface area contributed by atoms with Crippen LogP contribution in [0.3, 0.4) is 0 Å². The number of aromatic nitrogens is 1. The molecule has 1 aromatic heterocycles. The molecule has 0 saturated carbocycles. The van der Waals surface area contributed by atoms with Crippen LogP contribution < -0.4 is 14.8 Å². The van der Waals surface area contributed by atoms with Crippen LogP contribution in [0.25, 0.3) is 10.9 Å². The maximum absolute atomic E-state index is 12.8. The highest BCUT2D eigenvalue weighted by Gasteiger charge is 2.21. The minimum absolute atomic E-state index is 0.0647. The second-order valence-corrected chi connectivity index (χ2v) is 7.76. The Bertz CT molecular complexity index is 1210. The summed E-state index contributed by atoms with van der Waals surface area (Å²) in [6.07, 6.45) is 2.02. The van der Waals surface area contributed by atoms with Gasteiger partial charge in [-0.2, -0.15) is 0 Å². The van der Waals surface area contributed by atoms with E-state index in [0.717, 1.165) is 27.6 Å². The van der Waals surface area contributed by atoms with Gasteiger partial charge in [-0.05, 0) is 55.3 Å². The average molecular weight is 429 g/mol. The number of para-hydroxylation sites is 1. The highest BCUT2D eigenvalue weighted by Crippen LogP contribution is 2.35. The number of nitrogens with one attached hydrogen (secondary N) is 2.